The number of hydrogen-bond donors (Lipinski definition) is 0. The van der Waals surface area contributed by atoms with Crippen molar-refractivity contribution < 1.29 is 14.3 Å². The number of hydrogen-bond acceptors (Lipinski definition) is 3. The van der Waals surface area contributed by atoms with Crippen molar-refractivity contribution >= 4 is 5.97 Å². The third kappa shape index (κ3) is 22.7. The number of ether oxygens (including phenoxy) is 2. The van der Waals surface area contributed by atoms with E-state index in [2.05, 4.69) is 27.0 Å². The number of carbonyl (C=O) groups is 1. The molecule has 1 unspecified atom stereocenters. The summed E-state index contributed by atoms with van der Waals surface area (Å²) in [7, 11) is 0. The van der Waals surface area contributed by atoms with Gasteiger partial charge in [-0.15, -0.1) is 6.58 Å². The Balaban J connectivity index is 4.13. The van der Waals surface area contributed by atoms with Crippen LogP contribution in [0.2, 0.25) is 0 Å². The van der Waals surface area contributed by atoms with E-state index in [0.717, 1.165) is 0 Å². The molecule has 0 bridgehead atoms. The van der Waals surface area contributed by atoms with E-state index < -0.39 is 0 Å². The molecule has 0 heterocycles. The molecule has 0 aromatic carbocycles. The molecule has 1 atom stereocenters. The summed E-state index contributed by atoms with van der Waals surface area (Å²) >= 11 is 0. The van der Waals surface area contributed by atoms with Gasteiger partial charge in [0.05, 0.1) is 25.4 Å². The molecule has 0 aliphatic carbocycles. The zero-order valence-electron chi connectivity index (χ0n) is 23.1. The second kappa shape index (κ2) is 26.5. The Bertz CT molecular complexity index is 471. The summed E-state index contributed by atoms with van der Waals surface area (Å²) in [4.78, 5) is 12.3. The van der Waals surface area contributed by atoms with Crippen molar-refractivity contribution in [1.29, 1.82) is 0 Å². The minimum atomic E-state index is -0.312. The monoisotopic (exact) mass is 478 g/mol. The van der Waals surface area contributed by atoms with Crippen LogP contribution in [0, 0.1) is 5.92 Å². The van der Waals surface area contributed by atoms with Crippen molar-refractivity contribution in [2.45, 2.75) is 142 Å². The molecule has 34 heavy (non-hydrogen) atoms. The van der Waals surface area contributed by atoms with Crippen LogP contribution in [0.5, 0.6) is 0 Å². The van der Waals surface area contributed by atoms with Crippen LogP contribution in [0.1, 0.15) is 142 Å². The molecule has 3 nitrogen and oxygen atoms in total. The predicted molar refractivity (Wildman–Crippen MR) is 148 cm³/mol. The lowest BCUT2D eigenvalue weighted by atomic mass is 9.94. The van der Waals surface area contributed by atoms with Gasteiger partial charge in [0.1, 0.15) is 0 Å². The first-order chi connectivity index (χ1) is 16.7. The van der Waals surface area contributed by atoms with E-state index in [4.69, 9.17) is 9.47 Å². The van der Waals surface area contributed by atoms with Gasteiger partial charge in [0, 0.05) is 0 Å². The largest absolute Gasteiger partial charge is 0.462 e. The zero-order chi connectivity index (χ0) is 25.1. The first-order valence-corrected chi connectivity index (χ1v) is 14.7. The molecule has 0 saturated heterocycles. The van der Waals surface area contributed by atoms with E-state index in [9.17, 15) is 4.79 Å². The fourth-order valence-corrected chi connectivity index (χ4v) is 4.42. The fraction of sp³-hybridized carbons (Fsp3) is 0.839. The Kier molecular flexibility index (Phi) is 25.7. The third-order valence-electron chi connectivity index (χ3n) is 6.68. The van der Waals surface area contributed by atoms with E-state index >= 15 is 0 Å². The summed E-state index contributed by atoms with van der Waals surface area (Å²) in [5.74, 6) is 0.160. The van der Waals surface area contributed by atoms with Gasteiger partial charge in [-0.3, -0.25) is 0 Å². The van der Waals surface area contributed by atoms with Crippen LogP contribution >= 0.6 is 0 Å². The summed E-state index contributed by atoms with van der Waals surface area (Å²) in [6.07, 6.45) is 28.3. The smallest absolute Gasteiger partial charge is 0.335 e. The summed E-state index contributed by atoms with van der Waals surface area (Å²) in [6.45, 7) is 13.1. The highest BCUT2D eigenvalue weighted by Crippen LogP contribution is 2.20. The molecule has 0 N–H and O–H groups in total. The molecule has 0 aromatic heterocycles. The van der Waals surface area contributed by atoms with Crippen LogP contribution in [0.15, 0.2) is 24.8 Å². The molecule has 0 aliphatic heterocycles. The maximum Gasteiger partial charge on any atom is 0.335 e. The van der Waals surface area contributed by atoms with Crippen LogP contribution < -0.4 is 0 Å². The van der Waals surface area contributed by atoms with Crippen molar-refractivity contribution in [3.8, 4) is 0 Å². The van der Waals surface area contributed by atoms with Gasteiger partial charge in [-0.1, -0.05) is 142 Å². The molecule has 0 rings (SSSR count). The molecule has 3 heteroatoms. The topological polar surface area (TPSA) is 35.5 Å². The van der Waals surface area contributed by atoms with Gasteiger partial charge in [-0.25, -0.2) is 4.79 Å². The van der Waals surface area contributed by atoms with E-state index in [1.807, 2.05) is 0 Å². The Morgan fingerprint density at radius 1 is 0.706 bits per heavy atom. The van der Waals surface area contributed by atoms with Gasteiger partial charge in [0.25, 0.3) is 0 Å². The SMILES string of the molecule is C=CCOCC(=C)C(=O)OCC(CCCCCCCCCC)CCCCCCCCCCCC. The second-order valence-electron chi connectivity index (χ2n) is 10.1. The van der Waals surface area contributed by atoms with Gasteiger partial charge in [0.15, 0.2) is 0 Å². The molecular weight excluding hydrogens is 420 g/mol. The van der Waals surface area contributed by atoms with E-state index in [1.165, 1.54) is 128 Å². The number of esters is 1. The van der Waals surface area contributed by atoms with Gasteiger partial charge in [-0.05, 0) is 18.8 Å². The van der Waals surface area contributed by atoms with E-state index in [1.54, 1.807) is 6.08 Å². The van der Waals surface area contributed by atoms with Crippen molar-refractivity contribution in [2.24, 2.45) is 5.92 Å². The maximum absolute atomic E-state index is 12.3. The van der Waals surface area contributed by atoms with Crippen molar-refractivity contribution in [3.63, 3.8) is 0 Å². The molecule has 0 spiro atoms. The number of unbranched alkanes of at least 4 members (excludes halogenated alkanes) is 16. The van der Waals surface area contributed by atoms with Gasteiger partial charge < -0.3 is 9.47 Å². The average molecular weight is 479 g/mol. The minimum Gasteiger partial charge on any atom is -0.462 e. The first kappa shape index (κ1) is 32.9. The van der Waals surface area contributed by atoms with Crippen molar-refractivity contribution in [2.75, 3.05) is 19.8 Å². The molecule has 0 saturated carbocycles. The number of carbonyl (C=O) groups excluding carboxylic acids is 1. The Morgan fingerprint density at radius 2 is 1.12 bits per heavy atom. The fourth-order valence-electron chi connectivity index (χ4n) is 4.42. The Labute approximate surface area is 213 Å². The maximum atomic E-state index is 12.3. The lowest BCUT2D eigenvalue weighted by molar-refractivity contribution is -0.141. The normalized spacial score (nSPS) is 11.9. The van der Waals surface area contributed by atoms with Crippen molar-refractivity contribution in [1.82, 2.24) is 0 Å². The molecule has 0 radical (unpaired) electrons. The predicted octanol–water partition coefficient (Wildman–Crippen LogP) is 9.75. The summed E-state index contributed by atoms with van der Waals surface area (Å²) < 4.78 is 10.9. The summed E-state index contributed by atoms with van der Waals surface area (Å²) in [5, 5.41) is 0. The van der Waals surface area contributed by atoms with Gasteiger partial charge >= 0.3 is 5.97 Å². The molecule has 0 aliphatic rings. The molecular formula is C31H58O3. The highest BCUT2D eigenvalue weighted by Gasteiger charge is 2.14. The summed E-state index contributed by atoms with van der Waals surface area (Å²) in [5.41, 5.74) is 0.395. The van der Waals surface area contributed by atoms with Crippen LogP contribution in [0.4, 0.5) is 0 Å². The first-order valence-electron chi connectivity index (χ1n) is 14.7. The Morgan fingerprint density at radius 3 is 1.53 bits per heavy atom. The van der Waals surface area contributed by atoms with Gasteiger partial charge in [-0.2, -0.15) is 0 Å². The Hall–Kier alpha value is -1.09. The van der Waals surface area contributed by atoms with Crippen molar-refractivity contribution in [3.05, 3.63) is 24.8 Å². The highest BCUT2D eigenvalue weighted by atomic mass is 16.5. The number of rotatable bonds is 27. The second-order valence-corrected chi connectivity index (χ2v) is 10.1. The molecule has 0 fully saturated rings. The van der Waals surface area contributed by atoms with Crippen LogP contribution in [0.3, 0.4) is 0 Å². The van der Waals surface area contributed by atoms with E-state index in [-0.39, 0.29) is 12.6 Å². The van der Waals surface area contributed by atoms with Crippen LogP contribution in [-0.4, -0.2) is 25.8 Å². The van der Waals surface area contributed by atoms with E-state index in [0.29, 0.717) is 24.7 Å². The molecule has 0 aromatic rings. The zero-order valence-corrected chi connectivity index (χ0v) is 23.1. The highest BCUT2D eigenvalue weighted by molar-refractivity contribution is 5.87. The lowest BCUT2D eigenvalue weighted by Crippen LogP contribution is -2.17. The minimum absolute atomic E-state index is 0.214. The lowest BCUT2D eigenvalue weighted by Gasteiger charge is -2.18. The summed E-state index contributed by atoms with van der Waals surface area (Å²) in [6, 6.07) is 0. The van der Waals surface area contributed by atoms with Gasteiger partial charge in [0.2, 0.25) is 0 Å². The average Bonchev–Trinajstić information content (AvgIpc) is 2.84. The van der Waals surface area contributed by atoms with Crippen LogP contribution in [-0.2, 0) is 14.3 Å². The van der Waals surface area contributed by atoms with Crippen LogP contribution in [0.25, 0.3) is 0 Å². The molecule has 0 amide bonds. The standard InChI is InChI=1S/C31H58O3/c1-5-8-10-12-14-16-17-19-21-23-25-30(24-22-20-18-15-13-11-9-6-2)28-34-31(32)29(4)27-33-26-7-3/h7,30H,3-6,8-28H2,1-2H3. The quantitative estimate of drug-likeness (QED) is 0.0510. The molecule has 200 valence electrons. The third-order valence-corrected chi connectivity index (χ3v) is 6.68.